The van der Waals surface area contributed by atoms with Crippen LogP contribution in [0, 0.1) is 0 Å². The molecule has 0 aromatic carbocycles. The van der Waals surface area contributed by atoms with Gasteiger partial charge in [-0.15, -0.1) is 18.7 Å². The van der Waals surface area contributed by atoms with Gasteiger partial charge in [-0.3, -0.25) is 0 Å². The van der Waals surface area contributed by atoms with Gasteiger partial charge in [0.25, 0.3) is 0 Å². The molecular formula is C12H24N6O12S3. The second-order valence-corrected chi connectivity index (χ2v) is 10.5. The first-order valence-corrected chi connectivity index (χ1v) is 13.8. The van der Waals surface area contributed by atoms with Crippen molar-refractivity contribution >= 4 is 31.2 Å². The van der Waals surface area contributed by atoms with Crippen LogP contribution in [0.4, 0.5) is 0 Å². The Bertz CT molecular complexity index is 956. The molecule has 0 aliphatic carbocycles. The van der Waals surface area contributed by atoms with E-state index in [2.05, 4.69) is 21.3 Å². The molecule has 4 aliphatic rings. The molecule has 0 bridgehead atoms. The van der Waals surface area contributed by atoms with E-state index in [9.17, 15) is 25.3 Å². The summed E-state index contributed by atoms with van der Waals surface area (Å²) >= 11 is 0. The Labute approximate surface area is 190 Å². The number of hydroxylamine groups is 4. The van der Waals surface area contributed by atoms with E-state index in [1.54, 1.807) is 0 Å². The van der Waals surface area contributed by atoms with Crippen LogP contribution in [0.1, 0.15) is 0 Å². The predicted octanol–water partition coefficient (Wildman–Crippen LogP) is -5.03. The lowest BCUT2D eigenvalue weighted by Crippen LogP contribution is -2.67. The van der Waals surface area contributed by atoms with E-state index >= 15 is 0 Å². The number of hydrogen-bond donors (Lipinski definition) is 4. The topological polar surface area (TPSA) is 212 Å². The maximum absolute atomic E-state index is 12.3. The maximum Gasteiger partial charge on any atom is 0.420 e. The second-order valence-electron chi connectivity index (χ2n) is 7.08. The van der Waals surface area contributed by atoms with Crippen LogP contribution in [0.15, 0.2) is 0 Å². The average Bonchev–Trinajstić information content (AvgIpc) is 3.19. The van der Waals surface area contributed by atoms with Gasteiger partial charge in [0.15, 0.2) is 0 Å². The molecule has 4 aliphatic heterocycles. The average molecular weight is 541 g/mol. The number of nitrogens with one attached hydrogen (secondary N) is 4. The largest absolute Gasteiger partial charge is 0.420 e. The van der Waals surface area contributed by atoms with E-state index in [0.717, 1.165) is 0 Å². The molecule has 4 rings (SSSR count). The highest BCUT2D eigenvalue weighted by molar-refractivity contribution is 7.83. The smallest absolute Gasteiger partial charge is 0.314 e. The van der Waals surface area contributed by atoms with Crippen LogP contribution < -0.4 is 21.3 Å². The van der Waals surface area contributed by atoms with Crippen LogP contribution in [-0.2, 0) is 56.5 Å². The molecule has 4 heterocycles. The van der Waals surface area contributed by atoms with Gasteiger partial charge in [0, 0.05) is 65.4 Å². The van der Waals surface area contributed by atoms with Gasteiger partial charge in [-0.25, -0.2) is 0 Å². The van der Waals surface area contributed by atoms with Gasteiger partial charge >= 0.3 is 43.0 Å². The highest BCUT2D eigenvalue weighted by Gasteiger charge is 2.83. The van der Waals surface area contributed by atoms with Gasteiger partial charge in [0.05, 0.1) is 0 Å². The summed E-state index contributed by atoms with van der Waals surface area (Å²) in [7, 11) is -14.8. The minimum atomic E-state index is -5.05. The highest BCUT2D eigenvalue weighted by atomic mass is 32.3. The van der Waals surface area contributed by atoms with Crippen molar-refractivity contribution in [2.24, 2.45) is 0 Å². The van der Waals surface area contributed by atoms with Crippen molar-refractivity contribution < 1.29 is 50.6 Å². The molecule has 18 nitrogen and oxygen atoms in total. The molecule has 2 atom stereocenters. The molecule has 0 saturated carbocycles. The summed E-state index contributed by atoms with van der Waals surface area (Å²) in [5.74, 6) is -6.11. The fourth-order valence-corrected chi connectivity index (χ4v) is 6.36. The third-order valence-electron chi connectivity index (χ3n) is 4.70. The zero-order valence-corrected chi connectivity index (χ0v) is 19.5. The molecule has 0 aromatic heterocycles. The summed E-state index contributed by atoms with van der Waals surface area (Å²) < 4.78 is 102. The Morgan fingerprint density at radius 1 is 0.485 bits per heavy atom. The third kappa shape index (κ3) is 5.31. The quantitative estimate of drug-likeness (QED) is 0.226. The first kappa shape index (κ1) is 25.5. The minimum absolute atomic E-state index is 0.0508. The Kier molecular flexibility index (Phi) is 7.28. The first-order chi connectivity index (χ1) is 15.5. The molecule has 4 fully saturated rings. The van der Waals surface area contributed by atoms with Gasteiger partial charge in [0.2, 0.25) is 0 Å². The summed E-state index contributed by atoms with van der Waals surface area (Å²) in [6, 6.07) is 0. The van der Waals surface area contributed by atoms with E-state index in [-0.39, 0.29) is 26.2 Å². The van der Waals surface area contributed by atoms with E-state index in [1.807, 2.05) is 0 Å². The molecule has 2 spiro atoms. The van der Waals surface area contributed by atoms with Crippen LogP contribution in [0.5, 0.6) is 0 Å². The Hall–Kier alpha value is -0.630. The lowest BCUT2D eigenvalue weighted by atomic mass is 10.3. The van der Waals surface area contributed by atoms with Crippen LogP contribution in [0.3, 0.4) is 0 Å². The van der Waals surface area contributed by atoms with Gasteiger partial charge in [-0.05, 0) is 0 Å². The molecule has 21 heteroatoms. The van der Waals surface area contributed by atoms with Crippen molar-refractivity contribution in [2.75, 3.05) is 65.4 Å². The monoisotopic (exact) mass is 540 g/mol. The maximum atomic E-state index is 12.3. The highest BCUT2D eigenvalue weighted by Crippen LogP contribution is 2.54. The fourth-order valence-electron chi connectivity index (χ4n) is 3.40. The Morgan fingerprint density at radius 2 is 0.788 bits per heavy atom. The van der Waals surface area contributed by atoms with Gasteiger partial charge in [0.1, 0.15) is 0 Å². The van der Waals surface area contributed by atoms with Crippen molar-refractivity contribution in [3.8, 4) is 0 Å². The Balaban J connectivity index is 1.68. The van der Waals surface area contributed by atoms with Crippen molar-refractivity contribution in [2.45, 2.75) is 11.8 Å². The summed E-state index contributed by atoms with van der Waals surface area (Å²) in [5, 5.41) is 13.3. The molecule has 0 aromatic rings. The van der Waals surface area contributed by atoms with Crippen LogP contribution >= 0.6 is 0 Å². The molecule has 2 unspecified atom stereocenters. The van der Waals surface area contributed by atoms with Crippen LogP contribution in [0.25, 0.3) is 0 Å². The lowest BCUT2D eigenvalue weighted by molar-refractivity contribution is -0.415. The van der Waals surface area contributed by atoms with Crippen LogP contribution in [-0.4, -0.2) is 113 Å². The SMILES string of the molecule is O=S1(=O)ON2CCNCCNCCNCCNCCN3OS(=O)(=O)OC34OS(=O)(=O)OC24O1. The lowest BCUT2D eigenvalue weighted by Gasteiger charge is -2.36. The van der Waals surface area contributed by atoms with Gasteiger partial charge in [-0.2, -0.15) is 42.0 Å². The van der Waals surface area contributed by atoms with Crippen molar-refractivity contribution in [1.29, 1.82) is 0 Å². The van der Waals surface area contributed by atoms with Crippen molar-refractivity contribution in [3.05, 3.63) is 0 Å². The molecule has 192 valence electrons. The summed E-state index contributed by atoms with van der Waals surface area (Å²) in [5.41, 5.74) is 0. The third-order valence-corrected chi connectivity index (χ3v) is 7.14. The predicted molar refractivity (Wildman–Crippen MR) is 104 cm³/mol. The Morgan fingerprint density at radius 3 is 1.15 bits per heavy atom. The fraction of sp³-hybridized carbons (Fsp3) is 1.00. The van der Waals surface area contributed by atoms with Crippen molar-refractivity contribution in [3.63, 3.8) is 0 Å². The number of rotatable bonds is 0. The number of hydrogen-bond acceptors (Lipinski definition) is 18. The molecule has 33 heavy (non-hydrogen) atoms. The van der Waals surface area contributed by atoms with Crippen LogP contribution in [0.2, 0.25) is 0 Å². The van der Waals surface area contributed by atoms with Gasteiger partial charge in [-0.1, -0.05) is 0 Å². The zero-order valence-electron chi connectivity index (χ0n) is 17.1. The summed E-state index contributed by atoms with van der Waals surface area (Å²) in [6.45, 7) is 2.94. The molecular weight excluding hydrogens is 516 g/mol. The number of nitrogens with zero attached hydrogens (tertiary/aromatic N) is 2. The molecule has 0 radical (unpaired) electrons. The standard InChI is InChI=1S/C12H24N6O12S3/c19-31(20)25-11-12(26-31)18(30-33(23,24)28-12)10-8-16-6-4-14-2-1-13-3-5-15-7-9-17(11)29-32(21,22)27-11/h13-16H,1-10H2. The molecule has 0 amide bonds. The normalized spacial score (nSPS) is 38.5. The van der Waals surface area contributed by atoms with E-state index in [4.69, 9.17) is 25.3 Å². The first-order valence-electron chi connectivity index (χ1n) is 9.84. The second kappa shape index (κ2) is 9.44. The summed E-state index contributed by atoms with van der Waals surface area (Å²) in [6.07, 6.45) is 0. The molecule has 4 saturated heterocycles. The minimum Gasteiger partial charge on any atom is -0.314 e. The van der Waals surface area contributed by atoms with Crippen molar-refractivity contribution in [1.82, 2.24) is 31.4 Å². The van der Waals surface area contributed by atoms with E-state index < -0.39 is 43.0 Å². The zero-order chi connectivity index (χ0) is 23.8. The van der Waals surface area contributed by atoms with Gasteiger partial charge < -0.3 is 21.3 Å². The van der Waals surface area contributed by atoms with E-state index in [1.165, 1.54) is 0 Å². The molecule has 4 N–H and O–H groups in total. The van der Waals surface area contributed by atoms with E-state index in [0.29, 0.717) is 49.4 Å². The summed E-state index contributed by atoms with van der Waals surface area (Å²) in [4.78, 5) is 0.